The van der Waals surface area contributed by atoms with Crippen molar-refractivity contribution in [3.8, 4) is 0 Å². The van der Waals surface area contributed by atoms with E-state index < -0.39 is 0 Å². The van der Waals surface area contributed by atoms with Crippen LogP contribution in [0.25, 0.3) is 6.08 Å². The molecular weight excluding hydrogens is 375 g/mol. The van der Waals surface area contributed by atoms with Crippen LogP contribution in [0.1, 0.15) is 5.56 Å². The van der Waals surface area contributed by atoms with Gasteiger partial charge in [0.1, 0.15) is 0 Å². The van der Waals surface area contributed by atoms with Gasteiger partial charge in [-0.3, -0.25) is 15.1 Å². The second-order valence-corrected chi connectivity index (χ2v) is 7.01. The van der Waals surface area contributed by atoms with Crippen molar-refractivity contribution in [3.05, 3.63) is 68.0 Å². The van der Waals surface area contributed by atoms with Crippen molar-refractivity contribution < 1.29 is 4.79 Å². The van der Waals surface area contributed by atoms with Gasteiger partial charge in [0.05, 0.1) is 10.6 Å². The molecule has 0 atom stereocenters. The lowest BCUT2D eigenvalue weighted by atomic mass is 10.2. The maximum absolute atomic E-state index is 12.6. The second kappa shape index (κ2) is 6.57. The van der Waals surface area contributed by atoms with Crippen LogP contribution >= 0.6 is 46.6 Å². The molecule has 1 heterocycles. The Kier molecular flexibility index (Phi) is 4.69. The van der Waals surface area contributed by atoms with E-state index in [-0.39, 0.29) is 11.1 Å². The molecule has 0 unspecified atom stereocenters. The third-order valence-corrected chi connectivity index (χ3v) is 4.86. The van der Waals surface area contributed by atoms with Crippen LogP contribution in [0, 0.1) is 5.41 Å². The number of thioether (sulfide) groups is 1. The molecule has 7 heteroatoms. The summed E-state index contributed by atoms with van der Waals surface area (Å²) in [5.74, 6) is -0.270. The Labute approximate surface area is 152 Å². The molecule has 1 fully saturated rings. The highest BCUT2D eigenvalue weighted by Gasteiger charge is 2.33. The lowest BCUT2D eigenvalue weighted by Gasteiger charge is -2.14. The summed E-state index contributed by atoms with van der Waals surface area (Å²) in [6.45, 7) is 0. The molecule has 0 spiro atoms. The standard InChI is InChI=1S/C16H9Cl3N2OS/c17-10-3-5-12(6-4-10)21-15(22)14(23-16(21)20)7-9-1-2-11(18)8-13(9)19/h1-8,20H/b14-7-,20-16?. The molecule has 3 rings (SSSR count). The first-order valence-corrected chi connectivity index (χ1v) is 8.44. The summed E-state index contributed by atoms with van der Waals surface area (Å²) in [6.07, 6.45) is 1.66. The molecule has 0 radical (unpaired) electrons. The Bertz CT molecular complexity index is 834. The molecule has 23 heavy (non-hydrogen) atoms. The van der Waals surface area contributed by atoms with Crippen molar-refractivity contribution >= 4 is 69.4 Å². The molecule has 1 saturated heterocycles. The number of carbonyl (C=O) groups is 1. The minimum absolute atomic E-state index is 0.133. The van der Waals surface area contributed by atoms with Gasteiger partial charge in [0, 0.05) is 15.1 Å². The van der Waals surface area contributed by atoms with Gasteiger partial charge in [-0.1, -0.05) is 40.9 Å². The first-order valence-electron chi connectivity index (χ1n) is 6.49. The molecule has 2 aromatic rings. The number of nitrogens with one attached hydrogen (secondary N) is 1. The lowest BCUT2D eigenvalue weighted by Crippen LogP contribution is -2.27. The number of nitrogens with zero attached hydrogens (tertiary/aromatic N) is 1. The van der Waals surface area contributed by atoms with Crippen LogP contribution in [0.3, 0.4) is 0 Å². The second-order valence-electron chi connectivity index (χ2n) is 4.70. The summed E-state index contributed by atoms with van der Waals surface area (Å²) >= 11 is 18.9. The zero-order valence-corrected chi connectivity index (χ0v) is 14.6. The average Bonchev–Trinajstić information content (AvgIpc) is 2.78. The van der Waals surface area contributed by atoms with Crippen molar-refractivity contribution in [3.63, 3.8) is 0 Å². The van der Waals surface area contributed by atoms with Gasteiger partial charge < -0.3 is 0 Å². The zero-order chi connectivity index (χ0) is 16.6. The van der Waals surface area contributed by atoms with Crippen molar-refractivity contribution in [1.29, 1.82) is 5.41 Å². The highest BCUT2D eigenvalue weighted by atomic mass is 35.5. The van der Waals surface area contributed by atoms with E-state index in [1.807, 2.05) is 0 Å². The molecule has 0 aliphatic carbocycles. The van der Waals surface area contributed by atoms with Crippen molar-refractivity contribution in [1.82, 2.24) is 0 Å². The van der Waals surface area contributed by atoms with E-state index in [4.69, 9.17) is 40.2 Å². The molecule has 1 amide bonds. The Hall–Kier alpha value is -1.46. The van der Waals surface area contributed by atoms with Crippen LogP contribution in [-0.2, 0) is 4.79 Å². The summed E-state index contributed by atoms with van der Waals surface area (Å²) in [5.41, 5.74) is 1.28. The van der Waals surface area contributed by atoms with Gasteiger partial charge in [0.2, 0.25) is 0 Å². The quantitative estimate of drug-likeness (QED) is 0.676. The predicted octanol–water partition coefficient (Wildman–Crippen LogP) is 5.70. The van der Waals surface area contributed by atoms with Gasteiger partial charge in [-0.15, -0.1) is 0 Å². The number of rotatable bonds is 2. The third-order valence-electron chi connectivity index (χ3n) is 3.16. The highest BCUT2D eigenvalue weighted by molar-refractivity contribution is 8.19. The maximum atomic E-state index is 12.6. The number of amides is 1. The van der Waals surface area contributed by atoms with E-state index in [1.165, 1.54) is 4.90 Å². The molecule has 1 aliphatic rings. The number of hydrogen-bond donors (Lipinski definition) is 1. The van der Waals surface area contributed by atoms with Crippen molar-refractivity contribution in [2.24, 2.45) is 0 Å². The Morgan fingerprint density at radius 3 is 2.30 bits per heavy atom. The van der Waals surface area contributed by atoms with Crippen LogP contribution in [0.5, 0.6) is 0 Å². The van der Waals surface area contributed by atoms with E-state index in [2.05, 4.69) is 0 Å². The van der Waals surface area contributed by atoms with Gasteiger partial charge >= 0.3 is 0 Å². The number of benzene rings is 2. The summed E-state index contributed by atoms with van der Waals surface area (Å²) < 4.78 is 0. The van der Waals surface area contributed by atoms with Gasteiger partial charge in [0.25, 0.3) is 5.91 Å². The third kappa shape index (κ3) is 3.40. The smallest absolute Gasteiger partial charge is 0.271 e. The van der Waals surface area contributed by atoms with E-state index >= 15 is 0 Å². The van der Waals surface area contributed by atoms with Crippen molar-refractivity contribution in [2.75, 3.05) is 4.90 Å². The van der Waals surface area contributed by atoms with E-state index in [0.717, 1.165) is 11.8 Å². The van der Waals surface area contributed by atoms with Gasteiger partial charge in [-0.05, 0) is 59.8 Å². The molecule has 0 bridgehead atoms. The van der Waals surface area contributed by atoms with Crippen LogP contribution in [0.15, 0.2) is 47.4 Å². The minimum atomic E-state index is -0.270. The van der Waals surface area contributed by atoms with E-state index in [1.54, 1.807) is 48.5 Å². The van der Waals surface area contributed by atoms with Gasteiger partial charge in [-0.25, -0.2) is 0 Å². The monoisotopic (exact) mass is 382 g/mol. The average molecular weight is 384 g/mol. The predicted molar refractivity (Wildman–Crippen MR) is 98.7 cm³/mol. The maximum Gasteiger partial charge on any atom is 0.271 e. The molecule has 1 N–H and O–H groups in total. The molecule has 1 aliphatic heterocycles. The number of halogens is 3. The summed E-state index contributed by atoms with van der Waals surface area (Å²) in [4.78, 5) is 14.3. The zero-order valence-electron chi connectivity index (χ0n) is 11.5. The molecule has 3 nitrogen and oxygen atoms in total. The van der Waals surface area contributed by atoms with E-state index in [0.29, 0.717) is 31.2 Å². The van der Waals surface area contributed by atoms with E-state index in [9.17, 15) is 4.79 Å². The SMILES string of the molecule is N=C1S/C(=C\c2ccc(Cl)cc2Cl)C(=O)N1c1ccc(Cl)cc1. The Morgan fingerprint density at radius 1 is 1.00 bits per heavy atom. The Balaban J connectivity index is 1.94. The van der Waals surface area contributed by atoms with Crippen LogP contribution < -0.4 is 4.90 Å². The number of hydrogen-bond acceptors (Lipinski definition) is 3. The molecular formula is C16H9Cl3N2OS. The fraction of sp³-hybridized carbons (Fsp3) is 0. The fourth-order valence-electron chi connectivity index (χ4n) is 2.07. The molecule has 0 aromatic heterocycles. The Morgan fingerprint density at radius 2 is 1.65 bits per heavy atom. The summed E-state index contributed by atoms with van der Waals surface area (Å²) in [5, 5.41) is 9.74. The molecule has 2 aromatic carbocycles. The first-order chi connectivity index (χ1) is 11.0. The van der Waals surface area contributed by atoms with Gasteiger partial charge in [0.15, 0.2) is 5.17 Å². The largest absolute Gasteiger partial charge is 0.278 e. The molecule has 116 valence electrons. The topological polar surface area (TPSA) is 44.2 Å². The van der Waals surface area contributed by atoms with Crippen LogP contribution in [-0.4, -0.2) is 11.1 Å². The van der Waals surface area contributed by atoms with Crippen LogP contribution in [0.2, 0.25) is 15.1 Å². The van der Waals surface area contributed by atoms with Crippen molar-refractivity contribution in [2.45, 2.75) is 0 Å². The first kappa shape index (κ1) is 16.4. The van der Waals surface area contributed by atoms with Crippen LogP contribution in [0.4, 0.5) is 5.69 Å². The normalized spacial score (nSPS) is 16.5. The highest BCUT2D eigenvalue weighted by Crippen LogP contribution is 2.36. The number of carbonyl (C=O) groups excluding carboxylic acids is 1. The summed E-state index contributed by atoms with van der Waals surface area (Å²) in [6, 6.07) is 11.8. The number of amidine groups is 1. The molecule has 0 saturated carbocycles. The van der Waals surface area contributed by atoms with Gasteiger partial charge in [-0.2, -0.15) is 0 Å². The summed E-state index contributed by atoms with van der Waals surface area (Å²) in [7, 11) is 0. The lowest BCUT2D eigenvalue weighted by molar-refractivity contribution is -0.113. The fourth-order valence-corrected chi connectivity index (χ4v) is 3.51. The minimum Gasteiger partial charge on any atom is -0.278 e. The number of anilines is 1.